The molecule has 0 saturated carbocycles. The van der Waals surface area contributed by atoms with Gasteiger partial charge in [-0.3, -0.25) is 5.43 Å². The summed E-state index contributed by atoms with van der Waals surface area (Å²) < 4.78 is 7.52. The van der Waals surface area contributed by atoms with Gasteiger partial charge in [-0.2, -0.15) is 14.7 Å². The van der Waals surface area contributed by atoms with Crippen molar-refractivity contribution in [3.63, 3.8) is 0 Å². The van der Waals surface area contributed by atoms with Gasteiger partial charge in [0.05, 0.1) is 25.1 Å². The van der Waals surface area contributed by atoms with Crippen molar-refractivity contribution >= 4 is 29.2 Å². The Labute approximate surface area is 216 Å². The number of aromatic nitrogens is 3. The molecule has 190 valence electrons. The lowest BCUT2D eigenvalue weighted by Crippen LogP contribution is -2.43. The van der Waals surface area contributed by atoms with Crippen molar-refractivity contribution in [2.24, 2.45) is 5.10 Å². The van der Waals surface area contributed by atoms with Crippen molar-refractivity contribution in [2.45, 2.75) is 6.92 Å². The zero-order chi connectivity index (χ0) is 25.0. The summed E-state index contributed by atoms with van der Waals surface area (Å²) in [6, 6.07) is 21.0. The molecule has 2 aliphatic rings. The van der Waals surface area contributed by atoms with E-state index in [-0.39, 0.29) is 0 Å². The normalized spacial score (nSPS) is 16.6. The molecule has 0 radical (unpaired) electrons. The Morgan fingerprint density at radius 3 is 2.54 bits per heavy atom. The van der Waals surface area contributed by atoms with Crippen molar-refractivity contribution in [1.29, 1.82) is 0 Å². The predicted molar refractivity (Wildman–Crippen MR) is 149 cm³/mol. The molecule has 2 N–H and O–H groups in total. The molecule has 2 aliphatic heterocycles. The number of aryl methyl sites for hydroxylation is 1. The number of nitrogens with zero attached hydrogens (tertiary/aromatic N) is 6. The van der Waals surface area contributed by atoms with Gasteiger partial charge in [0.1, 0.15) is 5.82 Å². The number of hydrogen-bond donors (Lipinski definition) is 2. The molecule has 0 atom stereocenters. The molecule has 4 heterocycles. The van der Waals surface area contributed by atoms with E-state index in [0.717, 1.165) is 67.6 Å². The SMILES string of the molecule is Cc1cccc(C=NNc2cc(N3CCOCC3)n3nc(-c4ccc(N5CCNCC5)cc4)cc3n2)c1. The summed E-state index contributed by atoms with van der Waals surface area (Å²) in [4.78, 5) is 9.52. The van der Waals surface area contributed by atoms with Crippen molar-refractivity contribution in [3.8, 4) is 11.3 Å². The van der Waals surface area contributed by atoms with Gasteiger partial charge in [0.15, 0.2) is 11.5 Å². The van der Waals surface area contributed by atoms with Gasteiger partial charge in [0.25, 0.3) is 0 Å². The van der Waals surface area contributed by atoms with Crippen LogP contribution in [-0.4, -0.2) is 73.3 Å². The van der Waals surface area contributed by atoms with Gasteiger partial charge >= 0.3 is 0 Å². The minimum atomic E-state index is 0.679. The van der Waals surface area contributed by atoms with Gasteiger partial charge in [0.2, 0.25) is 0 Å². The number of morpholine rings is 1. The second kappa shape index (κ2) is 10.6. The smallest absolute Gasteiger partial charge is 0.160 e. The maximum atomic E-state index is 5.59. The van der Waals surface area contributed by atoms with E-state index < -0.39 is 0 Å². The third-order valence-electron chi connectivity index (χ3n) is 6.82. The van der Waals surface area contributed by atoms with Crippen molar-refractivity contribution in [2.75, 3.05) is 67.7 Å². The minimum Gasteiger partial charge on any atom is -0.378 e. The van der Waals surface area contributed by atoms with Crippen LogP contribution in [0.1, 0.15) is 11.1 Å². The average molecular weight is 497 g/mol. The number of fused-ring (bicyclic) bond motifs is 1. The van der Waals surface area contributed by atoms with Crippen LogP contribution in [0.2, 0.25) is 0 Å². The first-order valence-corrected chi connectivity index (χ1v) is 12.9. The standard InChI is InChI=1S/C28H32N8O/c1-21-3-2-4-22(17-21)20-30-32-26-19-28(35-13-15-37-16-14-35)36-27(31-26)18-25(33-36)23-5-7-24(8-6-23)34-11-9-29-10-12-34/h2-8,17-20,29H,9-16H2,1H3,(H,31,32). The van der Waals surface area contributed by atoms with Gasteiger partial charge in [-0.05, 0) is 24.6 Å². The van der Waals surface area contributed by atoms with Gasteiger partial charge < -0.3 is 19.9 Å². The number of piperazine rings is 1. The molecule has 9 heteroatoms. The Morgan fingerprint density at radius 2 is 1.76 bits per heavy atom. The highest BCUT2D eigenvalue weighted by atomic mass is 16.5. The summed E-state index contributed by atoms with van der Waals surface area (Å²) in [7, 11) is 0. The maximum absolute atomic E-state index is 5.59. The molecule has 2 aromatic heterocycles. The van der Waals surface area contributed by atoms with E-state index in [4.69, 9.17) is 14.8 Å². The molecule has 2 fully saturated rings. The Balaban J connectivity index is 1.30. The first kappa shape index (κ1) is 23.4. The molecular formula is C28H32N8O. The van der Waals surface area contributed by atoms with Crippen molar-refractivity contribution in [1.82, 2.24) is 19.9 Å². The molecule has 0 unspecified atom stereocenters. The number of hydrazone groups is 1. The molecule has 0 amide bonds. The monoisotopic (exact) mass is 496 g/mol. The van der Waals surface area contributed by atoms with Crippen molar-refractivity contribution < 1.29 is 4.74 Å². The van der Waals surface area contributed by atoms with E-state index in [0.29, 0.717) is 19.0 Å². The number of ether oxygens (including phenoxy) is 1. The number of hydrogen-bond acceptors (Lipinski definition) is 8. The summed E-state index contributed by atoms with van der Waals surface area (Å²) in [6.45, 7) is 9.18. The quantitative estimate of drug-likeness (QED) is 0.313. The van der Waals surface area contributed by atoms with Crippen LogP contribution >= 0.6 is 0 Å². The predicted octanol–water partition coefficient (Wildman–Crippen LogP) is 3.40. The van der Waals surface area contributed by atoms with Crippen LogP contribution in [0.25, 0.3) is 16.9 Å². The van der Waals surface area contributed by atoms with Crippen LogP contribution in [0.5, 0.6) is 0 Å². The molecule has 2 aromatic carbocycles. The Hall–Kier alpha value is -3.95. The highest BCUT2D eigenvalue weighted by molar-refractivity contribution is 5.80. The summed E-state index contributed by atoms with van der Waals surface area (Å²) >= 11 is 0. The van der Waals surface area contributed by atoms with E-state index in [1.165, 1.54) is 11.3 Å². The molecule has 0 bridgehead atoms. The van der Waals surface area contributed by atoms with Crippen LogP contribution < -0.4 is 20.5 Å². The molecule has 4 aromatic rings. The third-order valence-corrected chi connectivity index (χ3v) is 6.82. The fourth-order valence-electron chi connectivity index (χ4n) is 4.86. The van der Waals surface area contributed by atoms with Gasteiger partial charge in [-0.1, -0.05) is 42.0 Å². The zero-order valence-corrected chi connectivity index (χ0v) is 21.1. The first-order valence-electron chi connectivity index (χ1n) is 12.9. The number of nitrogens with one attached hydrogen (secondary N) is 2. The Morgan fingerprint density at radius 1 is 0.946 bits per heavy atom. The minimum absolute atomic E-state index is 0.679. The van der Waals surface area contributed by atoms with E-state index in [9.17, 15) is 0 Å². The molecule has 0 spiro atoms. The van der Waals surface area contributed by atoms with E-state index in [1.54, 1.807) is 0 Å². The van der Waals surface area contributed by atoms with Crippen LogP contribution in [0.4, 0.5) is 17.3 Å². The zero-order valence-electron chi connectivity index (χ0n) is 21.1. The molecule has 6 rings (SSSR count). The van der Waals surface area contributed by atoms with Crippen LogP contribution in [0.15, 0.2) is 65.8 Å². The topological polar surface area (TPSA) is 82.3 Å². The number of benzene rings is 2. The van der Waals surface area contributed by atoms with Gasteiger partial charge in [-0.15, -0.1) is 0 Å². The lowest BCUT2D eigenvalue weighted by Gasteiger charge is -2.29. The molecule has 2 saturated heterocycles. The van der Waals surface area contributed by atoms with E-state index in [1.807, 2.05) is 35.0 Å². The summed E-state index contributed by atoms with van der Waals surface area (Å²) in [5, 5.41) is 12.8. The van der Waals surface area contributed by atoms with Gasteiger partial charge in [0, 0.05) is 62.7 Å². The lowest BCUT2D eigenvalue weighted by molar-refractivity contribution is 0.122. The van der Waals surface area contributed by atoms with E-state index >= 15 is 0 Å². The highest BCUT2D eigenvalue weighted by Gasteiger charge is 2.19. The Kier molecular flexibility index (Phi) is 6.70. The Bertz CT molecular complexity index is 1390. The first-order chi connectivity index (χ1) is 18.2. The average Bonchev–Trinajstić information content (AvgIpc) is 3.38. The fourth-order valence-corrected chi connectivity index (χ4v) is 4.86. The van der Waals surface area contributed by atoms with Crippen LogP contribution in [0, 0.1) is 6.92 Å². The molecular weight excluding hydrogens is 464 g/mol. The summed E-state index contributed by atoms with van der Waals surface area (Å²) in [5.74, 6) is 1.66. The van der Waals surface area contributed by atoms with Gasteiger partial charge in [-0.25, -0.2) is 4.98 Å². The fraction of sp³-hybridized carbons (Fsp3) is 0.321. The third kappa shape index (κ3) is 5.28. The highest BCUT2D eigenvalue weighted by Crippen LogP contribution is 2.27. The van der Waals surface area contributed by atoms with Crippen LogP contribution in [0.3, 0.4) is 0 Å². The lowest BCUT2D eigenvalue weighted by atomic mass is 10.1. The number of rotatable bonds is 6. The van der Waals surface area contributed by atoms with E-state index in [2.05, 4.69) is 69.0 Å². The van der Waals surface area contributed by atoms with Crippen LogP contribution in [-0.2, 0) is 4.74 Å². The second-order valence-corrected chi connectivity index (χ2v) is 9.47. The summed E-state index contributed by atoms with van der Waals surface area (Å²) in [5.41, 5.74) is 9.36. The van der Waals surface area contributed by atoms with Crippen molar-refractivity contribution in [3.05, 3.63) is 71.8 Å². The molecule has 9 nitrogen and oxygen atoms in total. The largest absolute Gasteiger partial charge is 0.378 e. The second-order valence-electron chi connectivity index (χ2n) is 9.47. The summed E-state index contributed by atoms with van der Waals surface area (Å²) in [6.07, 6.45) is 1.81. The maximum Gasteiger partial charge on any atom is 0.160 e. The molecule has 0 aliphatic carbocycles. The molecule has 37 heavy (non-hydrogen) atoms. The number of anilines is 3.